The van der Waals surface area contributed by atoms with Crippen molar-refractivity contribution >= 4 is 32.5 Å². The second kappa shape index (κ2) is 5.28. The first-order valence-electron chi connectivity index (χ1n) is 6.80. The SMILES string of the molecule is CNc1c2c(nc3c(F)cc(Br)c(F)c13)CCCCC2. The van der Waals surface area contributed by atoms with Crippen LogP contribution in [0.2, 0.25) is 0 Å². The van der Waals surface area contributed by atoms with Crippen molar-refractivity contribution in [3.05, 3.63) is 33.4 Å². The van der Waals surface area contributed by atoms with Gasteiger partial charge in [0.15, 0.2) is 5.82 Å². The van der Waals surface area contributed by atoms with Crippen molar-refractivity contribution in [2.45, 2.75) is 32.1 Å². The average molecular weight is 341 g/mol. The number of nitrogens with zero attached hydrogens (tertiary/aromatic N) is 1. The molecule has 3 rings (SSSR count). The van der Waals surface area contributed by atoms with E-state index in [1.165, 1.54) is 0 Å². The van der Waals surface area contributed by atoms with Gasteiger partial charge in [0.1, 0.15) is 11.3 Å². The van der Waals surface area contributed by atoms with Gasteiger partial charge in [-0.3, -0.25) is 0 Å². The molecule has 0 saturated carbocycles. The van der Waals surface area contributed by atoms with Gasteiger partial charge in [0, 0.05) is 12.7 Å². The van der Waals surface area contributed by atoms with Crippen molar-refractivity contribution < 1.29 is 8.78 Å². The zero-order valence-electron chi connectivity index (χ0n) is 11.2. The zero-order valence-corrected chi connectivity index (χ0v) is 12.8. The van der Waals surface area contributed by atoms with Gasteiger partial charge in [0.25, 0.3) is 0 Å². The standard InChI is InChI=1S/C15H15BrF2N2/c1-19-14-8-5-3-2-4-6-11(8)20-15-10(17)7-9(16)13(18)12(14)15/h7H,2-6H2,1H3,(H,19,20). The predicted octanol–water partition coefficient (Wildman–Crippen LogP) is 4.59. The van der Waals surface area contributed by atoms with Crippen molar-refractivity contribution in [3.8, 4) is 0 Å². The summed E-state index contributed by atoms with van der Waals surface area (Å²) in [5.74, 6) is -0.942. The number of hydrogen-bond acceptors (Lipinski definition) is 2. The number of benzene rings is 1. The topological polar surface area (TPSA) is 24.9 Å². The Balaban J connectivity index is 2.43. The highest BCUT2D eigenvalue weighted by Crippen LogP contribution is 2.37. The lowest BCUT2D eigenvalue weighted by Gasteiger charge is -2.16. The minimum absolute atomic E-state index is 0.121. The van der Waals surface area contributed by atoms with E-state index in [2.05, 4.69) is 26.2 Å². The minimum atomic E-state index is -0.489. The molecule has 20 heavy (non-hydrogen) atoms. The van der Waals surface area contributed by atoms with Crippen LogP contribution >= 0.6 is 15.9 Å². The Morgan fingerprint density at radius 1 is 1.20 bits per heavy atom. The molecular weight excluding hydrogens is 326 g/mol. The molecule has 0 fully saturated rings. The fraction of sp³-hybridized carbons (Fsp3) is 0.400. The average Bonchev–Trinajstić information content (AvgIpc) is 2.67. The molecule has 0 spiro atoms. The van der Waals surface area contributed by atoms with Crippen LogP contribution < -0.4 is 5.32 Å². The van der Waals surface area contributed by atoms with Gasteiger partial charge in [-0.25, -0.2) is 13.8 Å². The summed E-state index contributed by atoms with van der Waals surface area (Å²) in [5.41, 5.74) is 2.74. The van der Waals surface area contributed by atoms with Crippen LogP contribution in [0.3, 0.4) is 0 Å². The summed E-state index contributed by atoms with van der Waals surface area (Å²) in [4.78, 5) is 4.41. The molecule has 2 aromatic rings. The number of aromatic nitrogens is 1. The van der Waals surface area contributed by atoms with E-state index in [9.17, 15) is 8.78 Å². The first-order chi connectivity index (χ1) is 9.63. The quantitative estimate of drug-likeness (QED) is 0.606. The summed E-state index contributed by atoms with van der Waals surface area (Å²) in [5, 5.41) is 3.30. The highest BCUT2D eigenvalue weighted by Gasteiger charge is 2.22. The number of halogens is 3. The zero-order chi connectivity index (χ0) is 14.3. The lowest BCUT2D eigenvalue weighted by Crippen LogP contribution is -2.06. The van der Waals surface area contributed by atoms with Gasteiger partial charge in [-0.2, -0.15) is 0 Å². The smallest absolute Gasteiger partial charge is 0.150 e. The number of nitrogens with one attached hydrogen (secondary N) is 1. The van der Waals surface area contributed by atoms with Gasteiger partial charge in [-0.05, 0) is 53.2 Å². The van der Waals surface area contributed by atoms with Gasteiger partial charge < -0.3 is 5.32 Å². The van der Waals surface area contributed by atoms with E-state index in [0.29, 0.717) is 5.69 Å². The van der Waals surface area contributed by atoms with E-state index in [-0.39, 0.29) is 15.4 Å². The summed E-state index contributed by atoms with van der Waals surface area (Å²) >= 11 is 3.07. The van der Waals surface area contributed by atoms with Gasteiger partial charge >= 0.3 is 0 Å². The maximum absolute atomic E-state index is 14.4. The van der Waals surface area contributed by atoms with E-state index in [1.54, 1.807) is 7.05 Å². The summed E-state index contributed by atoms with van der Waals surface area (Å²) in [7, 11) is 1.75. The molecule has 106 valence electrons. The molecule has 0 atom stereocenters. The number of pyridine rings is 1. The van der Waals surface area contributed by atoms with Crippen molar-refractivity contribution in [2.24, 2.45) is 0 Å². The Kier molecular flexibility index (Phi) is 3.63. The van der Waals surface area contributed by atoms with Gasteiger partial charge in [-0.15, -0.1) is 0 Å². The molecule has 1 N–H and O–H groups in total. The molecule has 0 amide bonds. The van der Waals surface area contributed by atoms with Gasteiger partial charge in [0.05, 0.1) is 15.5 Å². The third-order valence-corrected chi connectivity index (χ3v) is 4.46. The van der Waals surface area contributed by atoms with Crippen molar-refractivity contribution in [1.29, 1.82) is 0 Å². The summed E-state index contributed by atoms with van der Waals surface area (Å²) in [6, 6.07) is 1.15. The van der Waals surface area contributed by atoms with Gasteiger partial charge in [-0.1, -0.05) is 6.42 Å². The van der Waals surface area contributed by atoms with Crippen LogP contribution in [-0.4, -0.2) is 12.0 Å². The Bertz CT molecular complexity index is 686. The second-order valence-corrected chi connectivity index (χ2v) is 5.95. The Hall–Kier alpha value is -1.23. The largest absolute Gasteiger partial charge is 0.387 e. The maximum atomic E-state index is 14.4. The fourth-order valence-corrected chi connectivity index (χ4v) is 3.34. The lowest BCUT2D eigenvalue weighted by molar-refractivity contribution is 0.609. The molecule has 2 nitrogen and oxygen atoms in total. The molecule has 0 bridgehead atoms. The van der Waals surface area contributed by atoms with E-state index < -0.39 is 11.6 Å². The molecule has 0 unspecified atom stereocenters. The molecule has 0 aliphatic heterocycles. The van der Waals surface area contributed by atoms with Crippen LogP contribution in [0.25, 0.3) is 10.9 Å². The molecule has 1 aromatic heterocycles. The minimum Gasteiger partial charge on any atom is -0.387 e. The van der Waals surface area contributed by atoms with Crippen LogP contribution in [-0.2, 0) is 12.8 Å². The maximum Gasteiger partial charge on any atom is 0.150 e. The molecule has 1 aliphatic rings. The Morgan fingerprint density at radius 2 is 1.95 bits per heavy atom. The second-order valence-electron chi connectivity index (χ2n) is 5.10. The molecular formula is C15H15BrF2N2. The highest BCUT2D eigenvalue weighted by atomic mass is 79.9. The van der Waals surface area contributed by atoms with Gasteiger partial charge in [0.2, 0.25) is 0 Å². The van der Waals surface area contributed by atoms with Crippen molar-refractivity contribution in [3.63, 3.8) is 0 Å². The van der Waals surface area contributed by atoms with Crippen LogP contribution in [0.1, 0.15) is 30.5 Å². The molecule has 0 saturated heterocycles. The van der Waals surface area contributed by atoms with Crippen LogP contribution in [0.5, 0.6) is 0 Å². The number of rotatable bonds is 1. The molecule has 1 aliphatic carbocycles. The van der Waals surface area contributed by atoms with Crippen molar-refractivity contribution in [1.82, 2.24) is 4.98 Å². The summed E-state index contributed by atoms with van der Waals surface area (Å²) < 4.78 is 28.7. The normalized spacial score (nSPS) is 15.0. The summed E-state index contributed by atoms with van der Waals surface area (Å²) in [6.45, 7) is 0. The third kappa shape index (κ3) is 2.08. The lowest BCUT2D eigenvalue weighted by atomic mass is 10.0. The van der Waals surface area contributed by atoms with E-state index >= 15 is 0 Å². The van der Waals surface area contributed by atoms with Crippen molar-refractivity contribution in [2.75, 3.05) is 12.4 Å². The first-order valence-corrected chi connectivity index (χ1v) is 7.59. The highest BCUT2D eigenvalue weighted by molar-refractivity contribution is 9.10. The molecule has 0 radical (unpaired) electrons. The summed E-state index contributed by atoms with van der Waals surface area (Å²) in [6.07, 6.45) is 4.94. The number of fused-ring (bicyclic) bond motifs is 2. The Morgan fingerprint density at radius 3 is 2.70 bits per heavy atom. The van der Waals surface area contributed by atoms with E-state index in [1.807, 2.05) is 0 Å². The predicted molar refractivity (Wildman–Crippen MR) is 80.2 cm³/mol. The van der Waals surface area contributed by atoms with Crippen LogP contribution in [0.4, 0.5) is 14.5 Å². The third-order valence-electron chi connectivity index (χ3n) is 3.88. The molecule has 5 heteroatoms. The number of hydrogen-bond donors (Lipinski definition) is 1. The molecule has 1 aromatic carbocycles. The number of aryl methyl sites for hydroxylation is 1. The monoisotopic (exact) mass is 340 g/mol. The fourth-order valence-electron chi connectivity index (χ4n) is 2.94. The first kappa shape index (κ1) is 13.7. The Labute approximate surface area is 124 Å². The van der Waals surface area contributed by atoms with Crippen LogP contribution in [0.15, 0.2) is 10.5 Å². The molecule has 1 heterocycles. The van der Waals surface area contributed by atoms with Crippen LogP contribution in [0, 0.1) is 11.6 Å². The number of anilines is 1. The van der Waals surface area contributed by atoms with E-state index in [4.69, 9.17) is 0 Å². The van der Waals surface area contributed by atoms with E-state index in [0.717, 1.165) is 49.4 Å².